The van der Waals surface area contributed by atoms with Crippen LogP contribution in [-0.2, 0) is 6.42 Å². The van der Waals surface area contributed by atoms with E-state index in [9.17, 15) is 0 Å². The second-order valence-corrected chi connectivity index (χ2v) is 5.40. The second-order valence-electron chi connectivity index (χ2n) is 4.39. The standard InChI is InChI=1S/C16H20Cl2O/c1-3-14-7-9-15(10-8-14)19-12-11-13(2)5-4-6-16(17)18/h6-11H,3-5,12H2,1-2H3. The lowest BCUT2D eigenvalue weighted by Gasteiger charge is -2.05. The zero-order valence-electron chi connectivity index (χ0n) is 11.5. The molecular formula is C16H20Cl2O. The minimum Gasteiger partial charge on any atom is -0.490 e. The zero-order valence-corrected chi connectivity index (χ0v) is 13.0. The first-order chi connectivity index (χ1) is 9.11. The summed E-state index contributed by atoms with van der Waals surface area (Å²) >= 11 is 11.1. The van der Waals surface area contributed by atoms with E-state index in [0.29, 0.717) is 11.1 Å². The summed E-state index contributed by atoms with van der Waals surface area (Å²) in [4.78, 5) is 0. The van der Waals surface area contributed by atoms with E-state index in [1.165, 1.54) is 11.1 Å². The molecule has 1 aromatic rings. The average Bonchev–Trinajstić information content (AvgIpc) is 2.39. The number of benzene rings is 1. The van der Waals surface area contributed by atoms with Gasteiger partial charge in [-0.15, -0.1) is 0 Å². The molecule has 0 amide bonds. The maximum Gasteiger partial charge on any atom is 0.119 e. The van der Waals surface area contributed by atoms with Crippen molar-refractivity contribution in [3.05, 3.63) is 52.0 Å². The molecule has 0 aromatic heterocycles. The number of hydrogen-bond donors (Lipinski definition) is 0. The molecule has 0 radical (unpaired) electrons. The highest BCUT2D eigenvalue weighted by molar-refractivity contribution is 6.55. The van der Waals surface area contributed by atoms with Gasteiger partial charge < -0.3 is 4.74 Å². The Hall–Kier alpha value is -0.920. The fraction of sp³-hybridized carbons (Fsp3) is 0.375. The van der Waals surface area contributed by atoms with Crippen LogP contribution in [-0.4, -0.2) is 6.61 Å². The van der Waals surface area contributed by atoms with E-state index in [2.05, 4.69) is 32.1 Å². The van der Waals surface area contributed by atoms with Crippen molar-refractivity contribution in [2.45, 2.75) is 33.1 Å². The van der Waals surface area contributed by atoms with Gasteiger partial charge in [0.2, 0.25) is 0 Å². The van der Waals surface area contributed by atoms with Gasteiger partial charge in [0.1, 0.15) is 16.8 Å². The van der Waals surface area contributed by atoms with Gasteiger partial charge in [0.05, 0.1) is 0 Å². The Labute approximate surface area is 125 Å². The highest BCUT2D eigenvalue weighted by Crippen LogP contribution is 2.14. The number of allylic oxidation sites excluding steroid dienone is 2. The third-order valence-electron chi connectivity index (χ3n) is 2.85. The molecule has 19 heavy (non-hydrogen) atoms. The SMILES string of the molecule is CCc1ccc(OCC=C(C)CCC=C(Cl)Cl)cc1. The van der Waals surface area contributed by atoms with Gasteiger partial charge in [-0.2, -0.15) is 0 Å². The smallest absolute Gasteiger partial charge is 0.119 e. The van der Waals surface area contributed by atoms with Crippen LogP contribution in [0, 0.1) is 0 Å². The number of rotatable bonds is 7. The lowest BCUT2D eigenvalue weighted by molar-refractivity contribution is 0.361. The van der Waals surface area contributed by atoms with E-state index < -0.39 is 0 Å². The Morgan fingerprint density at radius 1 is 1.16 bits per heavy atom. The lowest BCUT2D eigenvalue weighted by atomic mass is 10.1. The summed E-state index contributed by atoms with van der Waals surface area (Å²) in [5.41, 5.74) is 2.60. The van der Waals surface area contributed by atoms with Gasteiger partial charge in [-0.3, -0.25) is 0 Å². The molecule has 0 saturated heterocycles. The van der Waals surface area contributed by atoms with Gasteiger partial charge in [-0.05, 0) is 50.0 Å². The summed E-state index contributed by atoms with van der Waals surface area (Å²) in [5.74, 6) is 0.907. The van der Waals surface area contributed by atoms with Gasteiger partial charge in [0.15, 0.2) is 0 Å². The minimum atomic E-state index is 0.333. The summed E-state index contributed by atoms with van der Waals surface area (Å²) in [7, 11) is 0. The molecule has 0 aliphatic rings. The Bertz CT molecular complexity index is 429. The van der Waals surface area contributed by atoms with Crippen molar-refractivity contribution >= 4 is 23.2 Å². The first-order valence-electron chi connectivity index (χ1n) is 6.50. The van der Waals surface area contributed by atoms with Crippen molar-refractivity contribution in [2.75, 3.05) is 6.61 Å². The van der Waals surface area contributed by atoms with Crippen molar-refractivity contribution in [3.63, 3.8) is 0 Å². The van der Waals surface area contributed by atoms with E-state index in [1.54, 1.807) is 0 Å². The molecule has 0 aliphatic carbocycles. The van der Waals surface area contributed by atoms with Crippen LogP contribution in [0.4, 0.5) is 0 Å². The molecule has 0 atom stereocenters. The molecule has 3 heteroatoms. The van der Waals surface area contributed by atoms with Crippen molar-refractivity contribution in [1.82, 2.24) is 0 Å². The summed E-state index contributed by atoms with van der Waals surface area (Å²) in [6.07, 6.45) is 6.75. The number of halogens is 2. The Balaban J connectivity index is 2.33. The number of aryl methyl sites for hydroxylation is 1. The van der Waals surface area contributed by atoms with Crippen LogP contribution in [0.5, 0.6) is 5.75 Å². The molecule has 1 aromatic carbocycles. The van der Waals surface area contributed by atoms with E-state index in [4.69, 9.17) is 27.9 Å². The van der Waals surface area contributed by atoms with E-state index in [-0.39, 0.29) is 0 Å². The molecule has 1 rings (SSSR count). The fourth-order valence-corrected chi connectivity index (χ4v) is 1.83. The van der Waals surface area contributed by atoms with Gasteiger partial charge in [0.25, 0.3) is 0 Å². The van der Waals surface area contributed by atoms with Crippen molar-refractivity contribution in [3.8, 4) is 5.75 Å². The molecule has 0 saturated carbocycles. The minimum absolute atomic E-state index is 0.333. The Kier molecular flexibility index (Phi) is 7.69. The predicted octanol–water partition coefficient (Wildman–Crippen LogP) is 5.67. The molecule has 0 N–H and O–H groups in total. The monoisotopic (exact) mass is 298 g/mol. The summed E-state index contributed by atoms with van der Waals surface area (Å²) in [6.45, 7) is 4.82. The number of hydrogen-bond acceptors (Lipinski definition) is 1. The third-order valence-corrected chi connectivity index (χ3v) is 3.16. The topological polar surface area (TPSA) is 9.23 Å². The van der Waals surface area contributed by atoms with Crippen LogP contribution in [0.2, 0.25) is 0 Å². The molecule has 0 unspecified atom stereocenters. The first-order valence-corrected chi connectivity index (χ1v) is 7.26. The number of ether oxygens (including phenoxy) is 1. The maximum absolute atomic E-state index is 5.66. The van der Waals surface area contributed by atoms with Gasteiger partial charge in [-0.25, -0.2) is 0 Å². The van der Waals surface area contributed by atoms with E-state index in [1.807, 2.05) is 18.2 Å². The highest BCUT2D eigenvalue weighted by atomic mass is 35.5. The molecule has 0 fully saturated rings. The average molecular weight is 299 g/mol. The largest absolute Gasteiger partial charge is 0.490 e. The Morgan fingerprint density at radius 2 is 1.84 bits per heavy atom. The van der Waals surface area contributed by atoms with Crippen LogP contribution in [0.3, 0.4) is 0 Å². The summed E-state index contributed by atoms with van der Waals surface area (Å²) in [6, 6.07) is 8.22. The summed E-state index contributed by atoms with van der Waals surface area (Å²) < 4.78 is 5.99. The van der Waals surface area contributed by atoms with Crippen molar-refractivity contribution < 1.29 is 4.74 Å². The van der Waals surface area contributed by atoms with Crippen LogP contribution < -0.4 is 4.74 Å². The zero-order chi connectivity index (χ0) is 14.1. The molecule has 104 valence electrons. The first kappa shape index (κ1) is 16.1. The molecule has 0 aliphatic heterocycles. The maximum atomic E-state index is 5.66. The highest BCUT2D eigenvalue weighted by Gasteiger charge is 1.94. The summed E-state index contributed by atoms with van der Waals surface area (Å²) in [5, 5.41) is 0. The van der Waals surface area contributed by atoms with Gasteiger partial charge in [-0.1, -0.05) is 53.9 Å². The van der Waals surface area contributed by atoms with Crippen LogP contribution in [0.25, 0.3) is 0 Å². The Morgan fingerprint density at radius 3 is 2.42 bits per heavy atom. The molecule has 0 heterocycles. The second kappa shape index (κ2) is 9.06. The van der Waals surface area contributed by atoms with Crippen LogP contribution >= 0.6 is 23.2 Å². The van der Waals surface area contributed by atoms with E-state index >= 15 is 0 Å². The van der Waals surface area contributed by atoms with E-state index in [0.717, 1.165) is 25.0 Å². The molecule has 0 bridgehead atoms. The van der Waals surface area contributed by atoms with Crippen molar-refractivity contribution in [2.24, 2.45) is 0 Å². The third kappa shape index (κ3) is 7.29. The lowest BCUT2D eigenvalue weighted by Crippen LogP contribution is -1.95. The van der Waals surface area contributed by atoms with Gasteiger partial charge in [0, 0.05) is 0 Å². The normalized spacial score (nSPS) is 11.3. The van der Waals surface area contributed by atoms with Gasteiger partial charge >= 0.3 is 0 Å². The molecule has 1 nitrogen and oxygen atoms in total. The van der Waals surface area contributed by atoms with Crippen LogP contribution in [0.15, 0.2) is 46.5 Å². The fourth-order valence-electron chi connectivity index (χ4n) is 1.61. The molecule has 0 spiro atoms. The van der Waals surface area contributed by atoms with Crippen LogP contribution in [0.1, 0.15) is 32.3 Å². The molecular weight excluding hydrogens is 279 g/mol. The quantitative estimate of drug-likeness (QED) is 0.589. The predicted molar refractivity (Wildman–Crippen MR) is 84.1 cm³/mol. The van der Waals surface area contributed by atoms with Crippen molar-refractivity contribution in [1.29, 1.82) is 0 Å².